The van der Waals surface area contributed by atoms with Crippen LogP contribution in [0.3, 0.4) is 0 Å². The number of nitrogens with one attached hydrogen (secondary N) is 2. The van der Waals surface area contributed by atoms with E-state index in [0.29, 0.717) is 18.7 Å². The molecule has 1 aromatic heterocycles. The van der Waals surface area contributed by atoms with E-state index in [0.717, 1.165) is 6.42 Å². The van der Waals surface area contributed by atoms with Crippen LogP contribution in [-0.2, 0) is 26.9 Å². The SMILES string of the molecule is CCOC(=O)c1c(C(F)(F)F)c2c(n1-c1ccc(C#N)c(N[C@H]3C[C@@H]4CN[C@H](C(=O)OCC)[C@H]4C3)c1)CC(C)(C)CC2=O. The van der Waals surface area contributed by atoms with Crippen molar-refractivity contribution < 1.29 is 37.0 Å². The number of hydrogen-bond donors (Lipinski definition) is 2. The maximum Gasteiger partial charge on any atom is 0.419 e. The van der Waals surface area contributed by atoms with Gasteiger partial charge in [0.2, 0.25) is 0 Å². The number of alkyl halides is 3. The summed E-state index contributed by atoms with van der Waals surface area (Å²) in [6.45, 7) is 7.62. The largest absolute Gasteiger partial charge is 0.465 e. The van der Waals surface area contributed by atoms with Gasteiger partial charge in [-0.3, -0.25) is 9.59 Å². The first-order valence-corrected chi connectivity index (χ1v) is 14.6. The highest BCUT2D eigenvalue weighted by Crippen LogP contribution is 2.46. The molecule has 43 heavy (non-hydrogen) atoms. The van der Waals surface area contributed by atoms with Crippen LogP contribution in [0.15, 0.2) is 18.2 Å². The van der Waals surface area contributed by atoms with Gasteiger partial charge in [-0.25, -0.2) is 4.79 Å². The van der Waals surface area contributed by atoms with Crippen LogP contribution in [0.4, 0.5) is 18.9 Å². The molecule has 0 spiro atoms. The summed E-state index contributed by atoms with van der Waals surface area (Å²) in [4.78, 5) is 38.8. The van der Waals surface area contributed by atoms with Crippen molar-refractivity contribution >= 4 is 23.4 Å². The Bertz CT molecular complexity index is 1510. The predicted molar refractivity (Wildman–Crippen MR) is 150 cm³/mol. The maximum absolute atomic E-state index is 14.6. The third-order valence-corrected chi connectivity index (χ3v) is 8.64. The second-order valence-electron chi connectivity index (χ2n) is 12.3. The molecule has 4 atom stereocenters. The van der Waals surface area contributed by atoms with Crippen molar-refractivity contribution in [2.75, 3.05) is 25.1 Å². The molecule has 2 fully saturated rings. The van der Waals surface area contributed by atoms with E-state index in [1.54, 1.807) is 26.8 Å². The highest BCUT2D eigenvalue weighted by molar-refractivity contribution is 6.05. The molecule has 1 saturated heterocycles. The number of esters is 2. The number of nitrogens with zero attached hydrogens (tertiary/aromatic N) is 2. The van der Waals surface area contributed by atoms with Gasteiger partial charge in [0.15, 0.2) is 5.78 Å². The van der Waals surface area contributed by atoms with Crippen LogP contribution >= 0.6 is 0 Å². The normalized spacial score (nSPS) is 24.2. The molecule has 0 amide bonds. The Morgan fingerprint density at radius 3 is 2.53 bits per heavy atom. The molecular weight excluding hydrogens is 565 g/mol. The van der Waals surface area contributed by atoms with Crippen molar-refractivity contribution in [1.82, 2.24) is 9.88 Å². The predicted octanol–water partition coefficient (Wildman–Crippen LogP) is 5.04. The molecule has 12 heteroatoms. The molecule has 1 saturated carbocycles. The van der Waals surface area contributed by atoms with E-state index in [9.17, 15) is 32.8 Å². The van der Waals surface area contributed by atoms with Crippen molar-refractivity contribution in [3.63, 3.8) is 0 Å². The first-order chi connectivity index (χ1) is 20.3. The molecule has 230 valence electrons. The number of carbonyl (C=O) groups excluding carboxylic acids is 3. The topological polar surface area (TPSA) is 122 Å². The first-order valence-electron chi connectivity index (χ1n) is 14.6. The second-order valence-corrected chi connectivity index (χ2v) is 12.3. The average molecular weight is 601 g/mol. The number of carbonyl (C=O) groups is 3. The van der Waals surface area contributed by atoms with E-state index in [-0.39, 0.29) is 66.8 Å². The molecule has 5 rings (SSSR count). The number of fused-ring (bicyclic) bond motifs is 2. The molecule has 1 aromatic carbocycles. The minimum atomic E-state index is -4.99. The van der Waals surface area contributed by atoms with Gasteiger partial charge in [-0.15, -0.1) is 0 Å². The number of halogens is 3. The summed E-state index contributed by atoms with van der Waals surface area (Å²) < 4.78 is 55.2. The lowest BCUT2D eigenvalue weighted by Crippen LogP contribution is -2.38. The number of ether oxygens (including phenoxy) is 2. The molecule has 2 aromatic rings. The standard InChI is InChI=1S/C31H35F3N4O5/c1-5-42-28(40)26-20-10-18(9-17(20)15-36-26)37-21-11-19(8-7-16(21)14-35)38-22-12-30(3,4)13-23(39)24(22)25(31(32,33)34)27(38)29(41)43-6-2/h7-8,11,17-18,20,26,36-37H,5-6,9-10,12-13,15H2,1-4H3/t17-,18+,20+,26+/m1/s1. The fraction of sp³-hybridized carbons (Fsp3) is 0.548. The molecule has 0 radical (unpaired) electrons. The van der Waals surface area contributed by atoms with E-state index in [4.69, 9.17) is 9.47 Å². The Balaban J connectivity index is 1.59. The number of nitriles is 1. The first kappa shape index (κ1) is 30.6. The lowest BCUT2D eigenvalue weighted by molar-refractivity contribution is -0.146. The monoisotopic (exact) mass is 600 g/mol. The quantitative estimate of drug-likeness (QED) is 0.424. The number of aromatic nitrogens is 1. The van der Waals surface area contributed by atoms with Gasteiger partial charge in [0.05, 0.1) is 35.6 Å². The van der Waals surface area contributed by atoms with Gasteiger partial charge in [0.1, 0.15) is 17.8 Å². The molecule has 3 aliphatic rings. The summed E-state index contributed by atoms with van der Waals surface area (Å²) in [6.07, 6.45) is -3.62. The van der Waals surface area contributed by atoms with Crippen molar-refractivity contribution in [2.45, 2.75) is 71.6 Å². The summed E-state index contributed by atoms with van der Waals surface area (Å²) in [5, 5.41) is 16.5. The summed E-state index contributed by atoms with van der Waals surface area (Å²) in [5.41, 5.74) is -2.24. The summed E-state index contributed by atoms with van der Waals surface area (Å²) in [6, 6.07) is 6.11. The minimum absolute atomic E-state index is 0.0414. The average Bonchev–Trinajstić information content (AvgIpc) is 3.59. The zero-order valence-corrected chi connectivity index (χ0v) is 24.6. The molecule has 9 nitrogen and oxygen atoms in total. The lowest BCUT2D eigenvalue weighted by Gasteiger charge is -2.30. The van der Waals surface area contributed by atoms with Gasteiger partial charge < -0.3 is 24.7 Å². The van der Waals surface area contributed by atoms with Crippen molar-refractivity contribution in [1.29, 1.82) is 5.26 Å². The van der Waals surface area contributed by atoms with Crippen molar-refractivity contribution in [2.24, 2.45) is 17.3 Å². The van der Waals surface area contributed by atoms with Crippen LogP contribution in [0.5, 0.6) is 0 Å². The molecule has 2 aliphatic carbocycles. The van der Waals surface area contributed by atoms with Gasteiger partial charge in [-0.2, -0.15) is 18.4 Å². The summed E-state index contributed by atoms with van der Waals surface area (Å²) in [5.74, 6) is -1.90. The smallest absolute Gasteiger partial charge is 0.419 e. The highest BCUT2D eigenvalue weighted by atomic mass is 19.4. The Kier molecular flexibility index (Phi) is 8.07. The fourth-order valence-corrected chi connectivity index (χ4v) is 7.03. The summed E-state index contributed by atoms with van der Waals surface area (Å²) >= 11 is 0. The Morgan fingerprint density at radius 1 is 1.16 bits per heavy atom. The van der Waals surface area contributed by atoms with Crippen LogP contribution in [-0.4, -0.2) is 54.1 Å². The number of rotatable bonds is 7. The minimum Gasteiger partial charge on any atom is -0.465 e. The molecule has 2 heterocycles. The second kappa shape index (κ2) is 11.3. The molecule has 2 N–H and O–H groups in total. The summed E-state index contributed by atoms with van der Waals surface area (Å²) in [7, 11) is 0. The van der Waals surface area contributed by atoms with Crippen LogP contribution in [0, 0.1) is 28.6 Å². The van der Waals surface area contributed by atoms with Gasteiger partial charge in [-0.05, 0) is 75.1 Å². The van der Waals surface area contributed by atoms with E-state index in [1.165, 1.54) is 23.6 Å². The Morgan fingerprint density at radius 2 is 1.88 bits per heavy atom. The fourth-order valence-electron chi connectivity index (χ4n) is 7.03. The van der Waals surface area contributed by atoms with Crippen LogP contribution in [0.1, 0.15) is 84.6 Å². The van der Waals surface area contributed by atoms with Gasteiger partial charge in [0, 0.05) is 23.8 Å². The van der Waals surface area contributed by atoms with Crippen molar-refractivity contribution in [3.8, 4) is 11.8 Å². The van der Waals surface area contributed by atoms with E-state index >= 15 is 0 Å². The number of benzene rings is 1. The Hall–Kier alpha value is -3.85. The zero-order chi connectivity index (χ0) is 31.3. The number of anilines is 1. The molecule has 0 unspecified atom stereocenters. The van der Waals surface area contributed by atoms with E-state index in [1.807, 2.05) is 0 Å². The maximum atomic E-state index is 14.6. The van der Waals surface area contributed by atoms with Gasteiger partial charge >= 0.3 is 18.1 Å². The van der Waals surface area contributed by atoms with E-state index in [2.05, 4.69) is 16.7 Å². The third kappa shape index (κ3) is 5.62. The van der Waals surface area contributed by atoms with Crippen LogP contribution in [0.2, 0.25) is 0 Å². The number of Topliss-reactive ketones (excluding diaryl/α,β-unsaturated/α-hetero) is 1. The van der Waals surface area contributed by atoms with Crippen molar-refractivity contribution in [3.05, 3.63) is 46.3 Å². The zero-order valence-electron chi connectivity index (χ0n) is 24.6. The molecule has 1 aliphatic heterocycles. The number of hydrogen-bond acceptors (Lipinski definition) is 8. The van der Waals surface area contributed by atoms with Crippen LogP contribution < -0.4 is 10.6 Å². The lowest BCUT2D eigenvalue weighted by atomic mass is 9.75. The molecule has 0 bridgehead atoms. The molecular formula is C31H35F3N4O5. The van der Waals surface area contributed by atoms with Crippen LogP contribution in [0.25, 0.3) is 5.69 Å². The Labute approximate surface area is 247 Å². The number of ketones is 1. The van der Waals surface area contributed by atoms with E-state index < -0.39 is 46.2 Å². The third-order valence-electron chi connectivity index (χ3n) is 8.64. The highest BCUT2D eigenvalue weighted by Gasteiger charge is 2.49. The van der Waals surface area contributed by atoms with Gasteiger partial charge in [0.25, 0.3) is 0 Å². The van der Waals surface area contributed by atoms with Gasteiger partial charge in [-0.1, -0.05) is 13.8 Å².